The van der Waals surface area contributed by atoms with Gasteiger partial charge >= 0.3 is 6.16 Å². The summed E-state index contributed by atoms with van der Waals surface area (Å²) in [7, 11) is 0. The molecule has 1 atom stereocenters. The van der Waals surface area contributed by atoms with E-state index in [1.165, 1.54) is 0 Å². The molecule has 0 saturated carbocycles. The molecule has 0 spiro atoms. The summed E-state index contributed by atoms with van der Waals surface area (Å²) in [5, 5.41) is 0. The van der Waals surface area contributed by atoms with Crippen molar-refractivity contribution in [3.05, 3.63) is 0 Å². The third-order valence-electron chi connectivity index (χ3n) is 2.08. The van der Waals surface area contributed by atoms with Crippen LogP contribution in [0.25, 0.3) is 0 Å². The molecule has 0 aromatic carbocycles. The van der Waals surface area contributed by atoms with Crippen LogP contribution in [-0.4, -0.2) is 17.9 Å². The van der Waals surface area contributed by atoms with Crippen LogP contribution < -0.4 is 0 Å². The van der Waals surface area contributed by atoms with E-state index in [2.05, 4.69) is 13.8 Å². The summed E-state index contributed by atoms with van der Waals surface area (Å²) in [5.41, 5.74) is -0.366. The molecule has 76 valence electrons. The zero-order valence-corrected chi connectivity index (χ0v) is 8.79. The molecule has 13 heavy (non-hydrogen) atoms. The van der Waals surface area contributed by atoms with Crippen LogP contribution in [0.3, 0.4) is 0 Å². The zero-order valence-electron chi connectivity index (χ0n) is 8.79. The Bertz CT molecular complexity index is 196. The van der Waals surface area contributed by atoms with Crippen molar-refractivity contribution in [1.29, 1.82) is 0 Å². The molecule has 1 saturated heterocycles. The van der Waals surface area contributed by atoms with Crippen LogP contribution in [0.5, 0.6) is 0 Å². The number of carbonyl (C=O) groups excluding carboxylic acids is 1. The first-order valence-electron chi connectivity index (χ1n) is 4.79. The molecule has 0 aromatic heterocycles. The van der Waals surface area contributed by atoms with Gasteiger partial charge < -0.3 is 9.47 Å². The highest BCUT2D eigenvalue weighted by molar-refractivity contribution is 5.61. The second-order valence-corrected chi connectivity index (χ2v) is 4.69. The molecule has 1 heterocycles. The fourth-order valence-corrected chi connectivity index (χ4v) is 1.67. The van der Waals surface area contributed by atoms with Crippen molar-refractivity contribution < 1.29 is 14.3 Å². The van der Waals surface area contributed by atoms with Crippen LogP contribution in [0.15, 0.2) is 0 Å². The summed E-state index contributed by atoms with van der Waals surface area (Å²) in [6.45, 7) is 8.08. The topological polar surface area (TPSA) is 35.5 Å². The van der Waals surface area contributed by atoms with E-state index in [0.717, 1.165) is 12.8 Å². The maximum atomic E-state index is 11.0. The lowest BCUT2D eigenvalue weighted by atomic mass is 9.94. The summed E-state index contributed by atoms with van der Waals surface area (Å²) in [5.74, 6) is 0.548. The predicted molar refractivity (Wildman–Crippen MR) is 49.5 cm³/mol. The minimum absolute atomic E-state index is 0.0243. The molecule has 0 N–H and O–H groups in total. The molecule has 1 fully saturated rings. The van der Waals surface area contributed by atoms with E-state index in [-0.39, 0.29) is 11.7 Å². The largest absolute Gasteiger partial charge is 0.509 e. The van der Waals surface area contributed by atoms with E-state index < -0.39 is 6.16 Å². The fraction of sp³-hybridized carbons (Fsp3) is 0.900. The van der Waals surface area contributed by atoms with Gasteiger partial charge in [-0.05, 0) is 26.2 Å². The molecule has 0 radical (unpaired) electrons. The lowest BCUT2D eigenvalue weighted by Gasteiger charge is -2.35. The first-order chi connectivity index (χ1) is 5.89. The number of ether oxygens (including phenoxy) is 2. The number of rotatable bonds is 2. The molecule has 0 amide bonds. The van der Waals surface area contributed by atoms with Gasteiger partial charge in [-0.3, -0.25) is 0 Å². The van der Waals surface area contributed by atoms with Gasteiger partial charge in [-0.1, -0.05) is 13.8 Å². The molecule has 1 rings (SSSR count). The number of hydrogen-bond donors (Lipinski definition) is 0. The Balaban J connectivity index is 2.53. The second-order valence-electron chi connectivity index (χ2n) is 4.69. The summed E-state index contributed by atoms with van der Waals surface area (Å²) < 4.78 is 10.1. The average Bonchev–Trinajstić information content (AvgIpc) is 1.78. The Kier molecular flexibility index (Phi) is 2.84. The Morgan fingerprint density at radius 3 is 2.62 bits per heavy atom. The van der Waals surface area contributed by atoms with Gasteiger partial charge in [0.15, 0.2) is 0 Å². The number of cyclic esters (lactones) is 2. The van der Waals surface area contributed by atoms with Crippen LogP contribution in [0.1, 0.15) is 40.5 Å². The van der Waals surface area contributed by atoms with Crippen LogP contribution in [0, 0.1) is 5.92 Å². The van der Waals surface area contributed by atoms with Crippen molar-refractivity contribution in [1.82, 2.24) is 0 Å². The van der Waals surface area contributed by atoms with Gasteiger partial charge in [0, 0.05) is 6.42 Å². The van der Waals surface area contributed by atoms with Crippen molar-refractivity contribution in [2.45, 2.75) is 52.2 Å². The SMILES string of the molecule is CC(C)CC1CC(C)(C)OC(=O)O1. The predicted octanol–water partition coefficient (Wildman–Crippen LogP) is 2.74. The first kappa shape index (κ1) is 10.4. The normalized spacial score (nSPS) is 26.8. The van der Waals surface area contributed by atoms with Gasteiger partial charge in [-0.25, -0.2) is 4.79 Å². The highest BCUT2D eigenvalue weighted by atomic mass is 16.7. The maximum absolute atomic E-state index is 11.0. The molecular weight excluding hydrogens is 168 g/mol. The van der Waals surface area contributed by atoms with Crippen molar-refractivity contribution in [3.63, 3.8) is 0 Å². The summed E-state index contributed by atoms with van der Waals surface area (Å²) in [6, 6.07) is 0. The van der Waals surface area contributed by atoms with Crippen molar-refractivity contribution in [2.75, 3.05) is 0 Å². The highest BCUT2D eigenvalue weighted by Crippen LogP contribution is 2.28. The lowest BCUT2D eigenvalue weighted by molar-refractivity contribution is -0.102. The standard InChI is InChI=1S/C10H18O3/c1-7(2)5-8-6-10(3,4)13-9(11)12-8/h7-8H,5-6H2,1-4H3. The molecule has 3 nitrogen and oxygen atoms in total. The van der Waals surface area contributed by atoms with E-state index >= 15 is 0 Å². The zero-order chi connectivity index (χ0) is 10.1. The van der Waals surface area contributed by atoms with Gasteiger partial charge in [-0.15, -0.1) is 0 Å². The molecule has 0 bridgehead atoms. The monoisotopic (exact) mass is 186 g/mol. The van der Waals surface area contributed by atoms with E-state index in [9.17, 15) is 4.79 Å². The molecular formula is C10H18O3. The molecule has 0 aliphatic carbocycles. The first-order valence-corrected chi connectivity index (χ1v) is 4.79. The van der Waals surface area contributed by atoms with Crippen LogP contribution >= 0.6 is 0 Å². The minimum atomic E-state index is -0.526. The van der Waals surface area contributed by atoms with E-state index in [1.54, 1.807) is 0 Å². The second kappa shape index (κ2) is 3.56. The average molecular weight is 186 g/mol. The molecule has 0 aromatic rings. The van der Waals surface area contributed by atoms with Gasteiger partial charge in [0.25, 0.3) is 0 Å². The van der Waals surface area contributed by atoms with E-state index in [1.807, 2.05) is 13.8 Å². The lowest BCUT2D eigenvalue weighted by Crippen LogP contribution is -2.41. The molecule has 1 aliphatic heterocycles. The Labute approximate surface area is 79.4 Å². The summed E-state index contributed by atoms with van der Waals surface area (Å²) in [4.78, 5) is 11.0. The fourth-order valence-electron chi connectivity index (χ4n) is 1.67. The molecule has 3 heteroatoms. The Morgan fingerprint density at radius 2 is 2.15 bits per heavy atom. The van der Waals surface area contributed by atoms with Crippen LogP contribution in [0.2, 0.25) is 0 Å². The van der Waals surface area contributed by atoms with Gasteiger partial charge in [0.2, 0.25) is 0 Å². The quantitative estimate of drug-likeness (QED) is 0.622. The van der Waals surface area contributed by atoms with Crippen molar-refractivity contribution >= 4 is 6.16 Å². The Hall–Kier alpha value is -0.730. The van der Waals surface area contributed by atoms with E-state index in [0.29, 0.717) is 5.92 Å². The van der Waals surface area contributed by atoms with Crippen LogP contribution in [-0.2, 0) is 9.47 Å². The molecule has 1 unspecified atom stereocenters. The maximum Gasteiger partial charge on any atom is 0.509 e. The van der Waals surface area contributed by atoms with Gasteiger partial charge in [0.05, 0.1) is 0 Å². The Morgan fingerprint density at radius 1 is 1.54 bits per heavy atom. The number of hydrogen-bond acceptors (Lipinski definition) is 3. The highest BCUT2D eigenvalue weighted by Gasteiger charge is 2.35. The number of carbonyl (C=O) groups is 1. The van der Waals surface area contributed by atoms with Crippen molar-refractivity contribution in [2.24, 2.45) is 5.92 Å². The van der Waals surface area contributed by atoms with E-state index in [4.69, 9.17) is 9.47 Å². The van der Waals surface area contributed by atoms with Crippen LogP contribution in [0.4, 0.5) is 4.79 Å². The smallest absolute Gasteiger partial charge is 0.431 e. The molecule has 1 aliphatic rings. The third-order valence-corrected chi connectivity index (χ3v) is 2.08. The van der Waals surface area contributed by atoms with Gasteiger partial charge in [0.1, 0.15) is 11.7 Å². The van der Waals surface area contributed by atoms with Gasteiger partial charge in [-0.2, -0.15) is 0 Å². The van der Waals surface area contributed by atoms with Crippen molar-refractivity contribution in [3.8, 4) is 0 Å². The summed E-state index contributed by atoms with van der Waals surface area (Å²) in [6.07, 6.45) is 1.20. The summed E-state index contributed by atoms with van der Waals surface area (Å²) >= 11 is 0. The third kappa shape index (κ3) is 3.25. The minimum Gasteiger partial charge on any atom is -0.431 e.